The number of ether oxygens (including phenoxy) is 1. The van der Waals surface area contributed by atoms with E-state index < -0.39 is 0 Å². The van der Waals surface area contributed by atoms with Crippen molar-refractivity contribution >= 4 is 5.91 Å². The van der Waals surface area contributed by atoms with Gasteiger partial charge in [0.05, 0.1) is 6.54 Å². The molecule has 0 radical (unpaired) electrons. The van der Waals surface area contributed by atoms with Crippen molar-refractivity contribution in [3.8, 4) is 5.75 Å². The molecule has 2 atom stereocenters. The summed E-state index contributed by atoms with van der Waals surface area (Å²) >= 11 is 0. The van der Waals surface area contributed by atoms with E-state index in [0.717, 1.165) is 6.42 Å². The maximum Gasteiger partial charge on any atom is 0.234 e. The Hall–Kier alpha value is -1.62. The van der Waals surface area contributed by atoms with E-state index in [1.807, 2.05) is 11.9 Å². The highest BCUT2D eigenvalue weighted by atomic mass is 19.1. The number of benzene rings is 1. The van der Waals surface area contributed by atoms with Crippen LogP contribution in [0.5, 0.6) is 5.75 Å². The molecule has 1 aliphatic carbocycles. The molecule has 1 fully saturated rings. The van der Waals surface area contributed by atoms with Crippen molar-refractivity contribution in [2.45, 2.75) is 38.6 Å². The third-order valence-corrected chi connectivity index (χ3v) is 4.43. The number of nitrogens with one attached hydrogen (secondary N) is 1. The summed E-state index contributed by atoms with van der Waals surface area (Å²) in [6.45, 7) is 3.70. The van der Waals surface area contributed by atoms with E-state index >= 15 is 0 Å². The van der Waals surface area contributed by atoms with Gasteiger partial charge in [0, 0.05) is 12.6 Å². The molecule has 128 valence electrons. The molecular weight excluding hydrogens is 295 g/mol. The molecule has 23 heavy (non-hydrogen) atoms. The van der Waals surface area contributed by atoms with Crippen LogP contribution in [0.4, 0.5) is 4.39 Å². The van der Waals surface area contributed by atoms with E-state index in [2.05, 4.69) is 12.2 Å². The van der Waals surface area contributed by atoms with Crippen LogP contribution in [0.15, 0.2) is 24.3 Å². The number of hydrogen-bond acceptors (Lipinski definition) is 3. The van der Waals surface area contributed by atoms with Crippen LogP contribution in [0.1, 0.15) is 32.6 Å². The van der Waals surface area contributed by atoms with E-state index in [9.17, 15) is 9.18 Å². The van der Waals surface area contributed by atoms with E-state index in [1.54, 1.807) is 12.1 Å². The van der Waals surface area contributed by atoms with Gasteiger partial charge in [-0.1, -0.05) is 19.8 Å². The number of amides is 1. The number of carbonyl (C=O) groups excluding carboxylic acids is 1. The highest BCUT2D eigenvalue weighted by Crippen LogP contribution is 2.23. The first-order valence-electron chi connectivity index (χ1n) is 8.41. The number of halogens is 1. The summed E-state index contributed by atoms with van der Waals surface area (Å²) in [5.41, 5.74) is 0. The van der Waals surface area contributed by atoms with E-state index in [1.165, 1.54) is 31.4 Å². The van der Waals surface area contributed by atoms with Crippen molar-refractivity contribution in [3.05, 3.63) is 30.1 Å². The number of likely N-dealkylation sites (N-methyl/N-ethyl adjacent to an activating group) is 1. The normalized spacial score (nSPS) is 21.2. The van der Waals surface area contributed by atoms with E-state index in [4.69, 9.17) is 4.74 Å². The van der Waals surface area contributed by atoms with Crippen molar-refractivity contribution in [1.82, 2.24) is 10.2 Å². The average Bonchev–Trinajstić information content (AvgIpc) is 2.51. The zero-order valence-electron chi connectivity index (χ0n) is 14.1. The van der Waals surface area contributed by atoms with Gasteiger partial charge < -0.3 is 10.1 Å². The maximum absolute atomic E-state index is 12.8. The Balaban J connectivity index is 1.64. The smallest absolute Gasteiger partial charge is 0.234 e. The molecule has 1 N–H and O–H groups in total. The average molecular weight is 322 g/mol. The van der Waals surface area contributed by atoms with Crippen LogP contribution in [0.25, 0.3) is 0 Å². The van der Waals surface area contributed by atoms with E-state index in [0.29, 0.717) is 37.4 Å². The summed E-state index contributed by atoms with van der Waals surface area (Å²) in [4.78, 5) is 14.0. The molecule has 0 unspecified atom stereocenters. The first kappa shape index (κ1) is 17.7. The zero-order valence-corrected chi connectivity index (χ0v) is 14.1. The molecule has 1 aromatic rings. The Morgan fingerprint density at radius 1 is 1.30 bits per heavy atom. The minimum absolute atomic E-state index is 0.0769. The Labute approximate surface area is 138 Å². The molecule has 0 spiro atoms. The first-order chi connectivity index (χ1) is 11.0. The van der Waals surface area contributed by atoms with Crippen molar-refractivity contribution in [3.63, 3.8) is 0 Å². The van der Waals surface area contributed by atoms with Gasteiger partial charge in [0.1, 0.15) is 18.2 Å². The highest BCUT2D eigenvalue weighted by molar-refractivity contribution is 5.78. The molecule has 2 rings (SSSR count). The molecule has 0 aromatic heterocycles. The number of hydrogen-bond donors (Lipinski definition) is 1. The number of nitrogens with zero attached hydrogens (tertiary/aromatic N) is 1. The van der Waals surface area contributed by atoms with Crippen molar-refractivity contribution < 1.29 is 13.9 Å². The lowest BCUT2D eigenvalue weighted by molar-refractivity contribution is -0.123. The summed E-state index contributed by atoms with van der Waals surface area (Å²) < 4.78 is 18.3. The number of rotatable bonds is 7. The molecule has 5 heteroatoms. The Morgan fingerprint density at radius 2 is 2.00 bits per heavy atom. The van der Waals surface area contributed by atoms with Crippen LogP contribution in [-0.4, -0.2) is 43.6 Å². The molecule has 0 bridgehead atoms. The van der Waals surface area contributed by atoms with Gasteiger partial charge in [0.2, 0.25) is 5.91 Å². The van der Waals surface area contributed by atoms with Gasteiger partial charge >= 0.3 is 0 Å². The third-order valence-electron chi connectivity index (χ3n) is 4.43. The largest absolute Gasteiger partial charge is 0.492 e. The number of carbonyl (C=O) groups is 1. The van der Waals surface area contributed by atoms with Crippen LogP contribution in [-0.2, 0) is 4.79 Å². The lowest BCUT2D eigenvalue weighted by Crippen LogP contribution is -2.45. The lowest BCUT2D eigenvalue weighted by atomic mass is 9.86. The van der Waals surface area contributed by atoms with Crippen molar-refractivity contribution in [2.24, 2.45) is 5.92 Å². The molecule has 0 saturated heterocycles. The summed E-state index contributed by atoms with van der Waals surface area (Å²) in [5, 5.41) is 3.15. The minimum Gasteiger partial charge on any atom is -0.492 e. The lowest BCUT2D eigenvalue weighted by Gasteiger charge is -2.30. The van der Waals surface area contributed by atoms with Gasteiger partial charge in [0.15, 0.2) is 0 Å². The fraction of sp³-hybridized carbons (Fsp3) is 0.611. The Morgan fingerprint density at radius 3 is 2.70 bits per heavy atom. The van der Waals surface area contributed by atoms with Gasteiger partial charge in [-0.3, -0.25) is 9.69 Å². The van der Waals surface area contributed by atoms with Gasteiger partial charge in [-0.25, -0.2) is 4.39 Å². The van der Waals surface area contributed by atoms with Crippen LogP contribution < -0.4 is 10.1 Å². The fourth-order valence-corrected chi connectivity index (χ4v) is 2.96. The predicted octanol–water partition coefficient (Wildman–Crippen LogP) is 2.83. The predicted molar refractivity (Wildman–Crippen MR) is 89.0 cm³/mol. The second-order valence-corrected chi connectivity index (χ2v) is 6.48. The van der Waals surface area contributed by atoms with Crippen molar-refractivity contribution in [1.29, 1.82) is 0 Å². The van der Waals surface area contributed by atoms with Crippen LogP contribution in [0.2, 0.25) is 0 Å². The molecule has 1 amide bonds. The summed E-state index contributed by atoms with van der Waals surface area (Å²) in [6.07, 6.45) is 4.77. The SMILES string of the molecule is C[C@@H]1CCCC[C@H]1NC(=O)CN(C)CCOc1ccc(F)cc1. The molecule has 1 aromatic carbocycles. The van der Waals surface area contributed by atoms with Gasteiger partial charge in [-0.05, 0) is 50.1 Å². The Bertz CT molecular complexity index is 492. The topological polar surface area (TPSA) is 41.6 Å². The summed E-state index contributed by atoms with van der Waals surface area (Å²) in [5.74, 6) is 1.01. The molecule has 1 aliphatic rings. The molecular formula is C18H27FN2O2. The Kier molecular flexibility index (Phi) is 6.84. The second kappa shape index (κ2) is 8.87. The summed E-state index contributed by atoms with van der Waals surface area (Å²) in [6, 6.07) is 6.27. The molecule has 1 saturated carbocycles. The molecule has 0 aliphatic heterocycles. The minimum atomic E-state index is -0.275. The first-order valence-corrected chi connectivity index (χ1v) is 8.41. The van der Waals surface area contributed by atoms with Gasteiger partial charge in [-0.15, -0.1) is 0 Å². The standard InChI is InChI=1S/C18H27FN2O2/c1-14-5-3-4-6-17(14)20-18(22)13-21(2)11-12-23-16-9-7-15(19)8-10-16/h7-10,14,17H,3-6,11-13H2,1-2H3,(H,20,22)/t14-,17-/m1/s1. The van der Waals surface area contributed by atoms with E-state index in [-0.39, 0.29) is 11.7 Å². The second-order valence-electron chi connectivity index (χ2n) is 6.48. The van der Waals surface area contributed by atoms with Crippen LogP contribution in [0, 0.1) is 11.7 Å². The molecule has 0 heterocycles. The monoisotopic (exact) mass is 322 g/mol. The zero-order chi connectivity index (χ0) is 16.7. The van der Waals surface area contributed by atoms with Crippen LogP contribution in [0.3, 0.4) is 0 Å². The fourth-order valence-electron chi connectivity index (χ4n) is 2.96. The van der Waals surface area contributed by atoms with Crippen molar-refractivity contribution in [2.75, 3.05) is 26.7 Å². The van der Waals surface area contributed by atoms with Gasteiger partial charge in [0.25, 0.3) is 0 Å². The summed E-state index contributed by atoms with van der Waals surface area (Å²) in [7, 11) is 1.90. The quantitative estimate of drug-likeness (QED) is 0.839. The van der Waals surface area contributed by atoms with Gasteiger partial charge in [-0.2, -0.15) is 0 Å². The third kappa shape index (κ3) is 6.18. The highest BCUT2D eigenvalue weighted by Gasteiger charge is 2.22. The maximum atomic E-state index is 12.8. The van der Waals surface area contributed by atoms with Crippen LogP contribution >= 0.6 is 0 Å². The molecule has 4 nitrogen and oxygen atoms in total.